The van der Waals surface area contributed by atoms with Gasteiger partial charge >= 0.3 is 6.03 Å². The molecule has 0 aromatic carbocycles. The summed E-state index contributed by atoms with van der Waals surface area (Å²) in [5, 5.41) is 12.8. The fourth-order valence-corrected chi connectivity index (χ4v) is 6.14. The highest BCUT2D eigenvalue weighted by atomic mass is 33.1. The summed E-state index contributed by atoms with van der Waals surface area (Å²) in [5.74, 6) is 2.72. The Balaban J connectivity index is 1.42. The molecule has 2 saturated heterocycles. The summed E-state index contributed by atoms with van der Waals surface area (Å²) in [7, 11) is 3.33. The predicted octanol–water partition coefficient (Wildman–Crippen LogP) is 2.52. The molecule has 0 aliphatic carbocycles. The molecule has 2 aliphatic rings. The number of nitrogens with one attached hydrogen (secondary N) is 3. The highest BCUT2D eigenvalue weighted by Crippen LogP contribution is 2.33. The van der Waals surface area contributed by atoms with E-state index in [-0.39, 0.29) is 24.0 Å². The Morgan fingerprint density at radius 1 is 1.36 bits per heavy atom. The average Bonchev–Trinajstić information content (AvgIpc) is 3.13. The van der Waals surface area contributed by atoms with E-state index < -0.39 is 0 Å². The highest BCUT2D eigenvalue weighted by molar-refractivity contribution is 8.76. The average molecular weight is 405 g/mol. The molecule has 0 bridgehead atoms. The van der Waals surface area contributed by atoms with Gasteiger partial charge < -0.3 is 16.0 Å². The molecule has 3 atom stereocenters. The van der Waals surface area contributed by atoms with Gasteiger partial charge in [-0.25, -0.2) is 4.79 Å². The van der Waals surface area contributed by atoms with Gasteiger partial charge in [-0.05, 0) is 18.4 Å². The number of carbonyl (C=O) groups excluding carboxylic acids is 2. The smallest absolute Gasteiger partial charge is 0.315 e. The molecule has 140 valence electrons. The van der Waals surface area contributed by atoms with E-state index in [1.54, 1.807) is 21.6 Å². The molecule has 11 heteroatoms. The van der Waals surface area contributed by atoms with Crippen LogP contribution in [0.1, 0.15) is 25.7 Å². The van der Waals surface area contributed by atoms with Crippen molar-refractivity contribution < 1.29 is 9.59 Å². The van der Waals surface area contributed by atoms with Crippen LogP contribution in [-0.2, 0) is 4.79 Å². The van der Waals surface area contributed by atoms with E-state index in [4.69, 9.17) is 5.53 Å². The lowest BCUT2D eigenvalue weighted by Gasteiger charge is -2.16. The number of rotatable bonds is 12. The van der Waals surface area contributed by atoms with Crippen LogP contribution < -0.4 is 16.0 Å². The summed E-state index contributed by atoms with van der Waals surface area (Å²) >= 11 is 1.91. The number of azide groups is 1. The minimum Gasteiger partial charge on any atom is -0.355 e. The second-order valence-corrected chi connectivity index (χ2v) is 9.79. The molecule has 0 spiro atoms. The number of carbonyl (C=O) groups is 2. The van der Waals surface area contributed by atoms with Gasteiger partial charge in [0.15, 0.2) is 0 Å². The fourth-order valence-electron chi connectivity index (χ4n) is 2.84. The van der Waals surface area contributed by atoms with Crippen LogP contribution >= 0.6 is 33.3 Å². The molecule has 0 saturated carbocycles. The van der Waals surface area contributed by atoms with Crippen LogP contribution in [-0.4, -0.2) is 59.6 Å². The third-order valence-electron chi connectivity index (χ3n) is 4.01. The van der Waals surface area contributed by atoms with Gasteiger partial charge in [-0.1, -0.05) is 33.1 Å². The second kappa shape index (κ2) is 11.7. The molecular weight excluding hydrogens is 380 g/mol. The molecule has 1 unspecified atom stereocenters. The van der Waals surface area contributed by atoms with E-state index in [0.29, 0.717) is 24.8 Å². The number of unbranched alkanes of at least 4 members (excludes halogenated alkanes) is 1. The lowest BCUT2D eigenvalue weighted by molar-refractivity contribution is -0.121. The normalized spacial score (nSPS) is 24.2. The third kappa shape index (κ3) is 7.47. The van der Waals surface area contributed by atoms with Crippen molar-refractivity contribution in [3.8, 4) is 0 Å². The summed E-state index contributed by atoms with van der Waals surface area (Å²) in [6, 6.07) is 0.473. The molecule has 0 radical (unpaired) electrons. The van der Waals surface area contributed by atoms with E-state index in [0.717, 1.165) is 36.5 Å². The van der Waals surface area contributed by atoms with Crippen molar-refractivity contribution >= 4 is 45.3 Å². The first kappa shape index (κ1) is 20.4. The van der Waals surface area contributed by atoms with E-state index in [1.165, 1.54) is 0 Å². The van der Waals surface area contributed by atoms with Crippen molar-refractivity contribution in [2.75, 3.05) is 30.3 Å². The van der Waals surface area contributed by atoms with Crippen molar-refractivity contribution in [2.45, 2.75) is 43.0 Å². The molecule has 2 fully saturated rings. The highest BCUT2D eigenvalue weighted by Gasteiger charge is 2.42. The van der Waals surface area contributed by atoms with E-state index in [9.17, 15) is 9.59 Å². The van der Waals surface area contributed by atoms with E-state index in [2.05, 4.69) is 26.0 Å². The number of hydrogen-bond acceptors (Lipinski definition) is 6. The Kier molecular flexibility index (Phi) is 9.52. The first-order chi connectivity index (χ1) is 12.2. The fraction of sp³-hybridized carbons (Fsp3) is 0.857. The molecule has 3 N–H and O–H groups in total. The van der Waals surface area contributed by atoms with E-state index in [1.807, 2.05) is 11.8 Å². The van der Waals surface area contributed by atoms with Gasteiger partial charge in [-0.15, -0.1) is 0 Å². The van der Waals surface area contributed by atoms with E-state index >= 15 is 0 Å². The molecule has 8 nitrogen and oxygen atoms in total. The van der Waals surface area contributed by atoms with Gasteiger partial charge in [-0.2, -0.15) is 11.8 Å². The van der Waals surface area contributed by atoms with Gasteiger partial charge in [0.05, 0.1) is 12.1 Å². The second-order valence-electron chi connectivity index (χ2n) is 5.82. The van der Waals surface area contributed by atoms with Crippen LogP contribution in [0.25, 0.3) is 10.4 Å². The van der Waals surface area contributed by atoms with Gasteiger partial charge in [0, 0.05) is 46.9 Å². The number of fused-ring (bicyclic) bond motifs is 1. The monoisotopic (exact) mass is 404 g/mol. The number of nitrogens with zero attached hydrogens (tertiary/aromatic N) is 3. The summed E-state index contributed by atoms with van der Waals surface area (Å²) in [6.45, 7) is 1.17. The maximum Gasteiger partial charge on any atom is 0.315 e. The van der Waals surface area contributed by atoms with Gasteiger partial charge in [0.2, 0.25) is 5.91 Å². The molecule has 2 aliphatic heterocycles. The zero-order valence-electron chi connectivity index (χ0n) is 14.0. The number of hydrogen-bond donors (Lipinski definition) is 3. The summed E-state index contributed by atoms with van der Waals surface area (Å²) in [6.07, 6.45) is 3.49. The van der Waals surface area contributed by atoms with Crippen molar-refractivity contribution in [2.24, 2.45) is 5.11 Å². The van der Waals surface area contributed by atoms with Crippen LogP contribution in [0.2, 0.25) is 0 Å². The molecule has 2 rings (SSSR count). The van der Waals surface area contributed by atoms with Crippen LogP contribution in [0.5, 0.6) is 0 Å². The Labute approximate surface area is 159 Å². The van der Waals surface area contributed by atoms with Crippen molar-refractivity contribution in [3.63, 3.8) is 0 Å². The first-order valence-electron chi connectivity index (χ1n) is 8.41. The SMILES string of the molecule is [N-]=[N+]=NCCSSCCNC(=O)CCCC[C@@H]1SCC2NC(=O)N[C@@H]21. The largest absolute Gasteiger partial charge is 0.355 e. The van der Waals surface area contributed by atoms with Crippen LogP contribution in [0.15, 0.2) is 5.11 Å². The maximum absolute atomic E-state index is 11.8. The van der Waals surface area contributed by atoms with Crippen molar-refractivity contribution in [1.29, 1.82) is 0 Å². The number of urea groups is 1. The van der Waals surface area contributed by atoms with Crippen molar-refractivity contribution in [1.82, 2.24) is 16.0 Å². The number of amides is 3. The zero-order valence-corrected chi connectivity index (χ0v) is 16.4. The Hall–Kier alpha value is -0.900. The summed E-state index contributed by atoms with van der Waals surface area (Å²) < 4.78 is 0. The third-order valence-corrected chi connectivity index (χ3v) is 7.90. The molecule has 3 amide bonds. The van der Waals surface area contributed by atoms with Crippen molar-refractivity contribution in [3.05, 3.63) is 10.4 Å². The molecule has 0 aromatic rings. The van der Waals surface area contributed by atoms with Crippen LogP contribution in [0.4, 0.5) is 4.79 Å². The van der Waals surface area contributed by atoms with Crippen LogP contribution in [0.3, 0.4) is 0 Å². The standard InChI is InChI=1S/C14H24N6O2S3/c15-20-17-6-8-25-24-7-5-16-12(21)4-2-1-3-11-13-10(9-23-11)18-14(22)19-13/h10-11,13H,1-9H2,(H,16,21)(H2,18,19,22)/t10?,11-,13-/m0/s1. The minimum atomic E-state index is -0.0477. The summed E-state index contributed by atoms with van der Waals surface area (Å²) in [5.41, 5.74) is 8.14. The quantitative estimate of drug-likeness (QED) is 0.115. The minimum absolute atomic E-state index is 0.0477. The molecule has 25 heavy (non-hydrogen) atoms. The molecule has 0 aromatic heterocycles. The lowest BCUT2D eigenvalue weighted by Crippen LogP contribution is -2.36. The Bertz CT molecular complexity index is 503. The molecular formula is C14H24N6O2S3. The first-order valence-corrected chi connectivity index (χ1v) is 11.9. The summed E-state index contributed by atoms with van der Waals surface area (Å²) in [4.78, 5) is 25.8. The number of thioether (sulfide) groups is 1. The zero-order chi connectivity index (χ0) is 17.9. The maximum atomic E-state index is 11.8. The topological polar surface area (TPSA) is 119 Å². The Morgan fingerprint density at radius 3 is 3.04 bits per heavy atom. The lowest BCUT2D eigenvalue weighted by atomic mass is 10.0. The predicted molar refractivity (Wildman–Crippen MR) is 106 cm³/mol. The van der Waals surface area contributed by atoms with Crippen LogP contribution in [0, 0.1) is 0 Å². The van der Waals surface area contributed by atoms with Gasteiger partial charge in [0.25, 0.3) is 0 Å². The van der Waals surface area contributed by atoms with Gasteiger partial charge in [-0.3, -0.25) is 4.79 Å². The Morgan fingerprint density at radius 2 is 2.20 bits per heavy atom. The van der Waals surface area contributed by atoms with Gasteiger partial charge in [0.1, 0.15) is 0 Å². The molecule has 2 heterocycles.